The van der Waals surface area contributed by atoms with Gasteiger partial charge in [-0.2, -0.15) is 4.68 Å². The zero-order valence-electron chi connectivity index (χ0n) is 25.5. The molecule has 0 spiro atoms. The van der Waals surface area contributed by atoms with Gasteiger partial charge >= 0.3 is 5.97 Å². The highest BCUT2D eigenvalue weighted by Gasteiger charge is 2.44. The number of pyridine rings is 1. The van der Waals surface area contributed by atoms with Gasteiger partial charge in [0.2, 0.25) is 11.7 Å². The van der Waals surface area contributed by atoms with E-state index in [4.69, 9.17) is 20.8 Å². The summed E-state index contributed by atoms with van der Waals surface area (Å²) in [5.41, 5.74) is 0.515. The Hall–Kier alpha value is -3.88. The Morgan fingerprint density at radius 1 is 1.13 bits per heavy atom. The first kappa shape index (κ1) is 32.5. The maximum Gasteiger partial charge on any atom is 0.329 e. The van der Waals surface area contributed by atoms with Crippen molar-refractivity contribution in [2.45, 2.75) is 76.9 Å². The molecule has 45 heavy (non-hydrogen) atoms. The van der Waals surface area contributed by atoms with Crippen molar-refractivity contribution >= 4 is 43.2 Å². The molecule has 0 aliphatic carbocycles. The molecule has 15 heteroatoms. The Morgan fingerprint density at radius 2 is 1.89 bits per heavy atom. The molecule has 0 bridgehead atoms. The molecule has 0 saturated carbocycles. The molecule has 2 aliphatic rings. The molecule has 2 atom stereocenters. The molecule has 5 rings (SSSR count). The summed E-state index contributed by atoms with van der Waals surface area (Å²) in [5.74, 6) is -3.58. The molecule has 1 fully saturated rings. The highest BCUT2D eigenvalue weighted by Crippen LogP contribution is 2.40. The first-order valence-corrected chi connectivity index (χ1v) is 17.7. The Balaban J connectivity index is 1.27. The van der Waals surface area contributed by atoms with Crippen molar-refractivity contribution in [3.05, 3.63) is 70.3 Å². The Labute approximate surface area is 264 Å². The lowest BCUT2D eigenvalue weighted by Crippen LogP contribution is -2.47. The van der Waals surface area contributed by atoms with Crippen molar-refractivity contribution in [2.75, 3.05) is 6.61 Å². The molecule has 1 aromatic carbocycles. The third-order valence-corrected chi connectivity index (χ3v) is 13.5. The van der Waals surface area contributed by atoms with Gasteiger partial charge in [-0.1, -0.05) is 32.4 Å². The number of ether oxygens (including phenoxy) is 1. The quantitative estimate of drug-likeness (QED) is 0.175. The lowest BCUT2D eigenvalue weighted by Gasteiger charge is -2.36. The minimum Gasteiger partial charge on any atom is -0.456 e. The van der Waals surface area contributed by atoms with Gasteiger partial charge in [-0.3, -0.25) is 14.6 Å². The van der Waals surface area contributed by atoms with E-state index in [1.807, 2.05) is 13.1 Å². The fourth-order valence-corrected chi connectivity index (χ4v) is 6.33. The lowest BCUT2D eigenvalue weighted by molar-refractivity contribution is -0.152. The summed E-state index contributed by atoms with van der Waals surface area (Å²) < 4.78 is 43.2. The number of hydrogen-bond donors (Lipinski definition) is 0. The third kappa shape index (κ3) is 6.44. The van der Waals surface area contributed by atoms with Crippen LogP contribution in [0.2, 0.25) is 23.2 Å². The molecule has 4 heterocycles. The van der Waals surface area contributed by atoms with Crippen LogP contribution in [0, 0.1) is 11.6 Å². The van der Waals surface area contributed by atoms with Crippen molar-refractivity contribution in [1.82, 2.24) is 30.1 Å². The van der Waals surface area contributed by atoms with Crippen LogP contribution in [0.15, 0.2) is 36.8 Å². The van der Waals surface area contributed by atoms with Crippen LogP contribution in [0.4, 0.5) is 8.78 Å². The van der Waals surface area contributed by atoms with E-state index >= 15 is 8.78 Å². The predicted octanol–water partition coefficient (Wildman–Crippen LogP) is 5.08. The highest BCUT2D eigenvalue weighted by molar-refractivity contribution is 6.74. The summed E-state index contributed by atoms with van der Waals surface area (Å²) >= 11 is 6.07. The van der Waals surface area contributed by atoms with Gasteiger partial charge in [-0.25, -0.2) is 13.6 Å². The van der Waals surface area contributed by atoms with Gasteiger partial charge in [0.1, 0.15) is 18.1 Å². The highest BCUT2D eigenvalue weighted by atomic mass is 35.5. The van der Waals surface area contributed by atoms with E-state index in [2.05, 4.69) is 41.3 Å². The van der Waals surface area contributed by atoms with Crippen LogP contribution in [0.3, 0.4) is 0 Å². The van der Waals surface area contributed by atoms with Crippen molar-refractivity contribution in [1.29, 1.82) is 0 Å². The molecule has 0 unspecified atom stereocenters. The first-order valence-electron chi connectivity index (χ1n) is 14.4. The number of Topliss-reactive ketones (excluding diaryl/α,β-unsaturated/α-hetero) is 1. The van der Waals surface area contributed by atoms with E-state index in [9.17, 15) is 14.4 Å². The Kier molecular flexibility index (Phi) is 9.02. The van der Waals surface area contributed by atoms with Crippen LogP contribution in [0.5, 0.6) is 0 Å². The minimum absolute atomic E-state index is 0.00322. The van der Waals surface area contributed by atoms with Crippen LogP contribution in [0.25, 0.3) is 11.3 Å². The number of aromatic nitrogens is 5. The Bertz CT molecular complexity index is 1680. The fraction of sp³-hybridized carbons (Fsp3) is 0.433. The minimum atomic E-state index is -2.20. The molecular weight excluding hydrogens is 626 g/mol. The second kappa shape index (κ2) is 12.5. The van der Waals surface area contributed by atoms with Gasteiger partial charge in [0.15, 0.2) is 26.6 Å². The van der Waals surface area contributed by atoms with Gasteiger partial charge < -0.3 is 14.1 Å². The number of benzene rings is 1. The second-order valence-corrected chi connectivity index (χ2v) is 17.8. The fourth-order valence-electron chi connectivity index (χ4n) is 5.25. The average Bonchev–Trinajstić information content (AvgIpc) is 3.67. The number of amides is 1. The van der Waals surface area contributed by atoms with Crippen LogP contribution in [-0.4, -0.2) is 74.8 Å². The molecule has 3 aromatic rings. The molecular formula is C30H33ClF2N6O5Si. The summed E-state index contributed by atoms with van der Waals surface area (Å²) in [6, 6.07) is 2.78. The molecule has 0 radical (unpaired) electrons. The van der Waals surface area contributed by atoms with Gasteiger partial charge in [0, 0.05) is 23.9 Å². The number of esters is 1. The van der Waals surface area contributed by atoms with Crippen molar-refractivity contribution in [2.24, 2.45) is 0 Å². The van der Waals surface area contributed by atoms with Gasteiger partial charge in [0.25, 0.3) is 0 Å². The maximum absolute atomic E-state index is 15.3. The van der Waals surface area contributed by atoms with Crippen LogP contribution >= 0.6 is 11.6 Å². The zero-order chi connectivity index (χ0) is 32.7. The molecule has 0 N–H and O–H groups in total. The van der Waals surface area contributed by atoms with Crippen molar-refractivity contribution < 1.29 is 32.3 Å². The molecule has 1 amide bonds. The predicted molar refractivity (Wildman–Crippen MR) is 162 cm³/mol. The largest absolute Gasteiger partial charge is 0.456 e. The van der Waals surface area contributed by atoms with E-state index in [1.165, 1.54) is 40.3 Å². The number of rotatable bonds is 9. The van der Waals surface area contributed by atoms with Gasteiger partial charge in [-0.15, -0.1) is 5.10 Å². The summed E-state index contributed by atoms with van der Waals surface area (Å²) in [6.45, 7) is 9.43. The van der Waals surface area contributed by atoms with Crippen molar-refractivity contribution in [3.8, 4) is 5.69 Å². The molecule has 11 nitrogen and oxygen atoms in total. The maximum atomic E-state index is 15.3. The number of carbonyl (C=O) groups is 3. The number of tetrazole rings is 1. The Morgan fingerprint density at radius 3 is 2.58 bits per heavy atom. The topological polar surface area (TPSA) is 129 Å². The normalized spacial score (nSPS) is 18.5. The lowest BCUT2D eigenvalue weighted by atomic mass is 9.92. The number of halogens is 3. The number of nitrogens with zero attached hydrogens (tertiary/aromatic N) is 6. The van der Waals surface area contributed by atoms with Crippen LogP contribution < -0.4 is 0 Å². The molecule has 2 aliphatic heterocycles. The monoisotopic (exact) mass is 658 g/mol. The summed E-state index contributed by atoms with van der Waals surface area (Å²) in [7, 11) is -2.20. The van der Waals surface area contributed by atoms with E-state index in [0.717, 1.165) is 0 Å². The molecule has 2 aromatic heterocycles. The molecule has 1 saturated heterocycles. The standard InChI is InChI=1S/C30H33ClF2N6O5Si/c1-30(2,3)45(4,5)44-14-21-27(32)19(10-11-34-21)24(40)15-43-29(42)23-8-6-18-12-17(13-25(41)39(18)23)26-22(38-16-35-36-37-38)9-7-20(31)28(26)33/h7,9-11,13,16,18,23H,6,8,12,14-15H2,1-5H3/t18-,23+/m1/s1. The summed E-state index contributed by atoms with van der Waals surface area (Å²) in [4.78, 5) is 44.7. The van der Waals surface area contributed by atoms with E-state index < -0.39 is 56.3 Å². The van der Waals surface area contributed by atoms with E-state index in [-0.39, 0.29) is 46.3 Å². The zero-order valence-corrected chi connectivity index (χ0v) is 27.3. The van der Waals surface area contributed by atoms with Gasteiger partial charge in [-0.05, 0) is 71.6 Å². The van der Waals surface area contributed by atoms with E-state index in [0.29, 0.717) is 17.7 Å². The summed E-state index contributed by atoms with van der Waals surface area (Å²) in [5, 5.41) is 10.8. The smallest absolute Gasteiger partial charge is 0.329 e. The number of fused-ring (bicyclic) bond motifs is 1. The first-order chi connectivity index (χ1) is 21.2. The van der Waals surface area contributed by atoms with Crippen LogP contribution in [-0.2, 0) is 25.4 Å². The summed E-state index contributed by atoms with van der Waals surface area (Å²) in [6.07, 6.45) is 4.83. The SMILES string of the molecule is CC(C)(C)[Si](C)(C)OCc1nccc(C(=O)COC(=O)[C@@H]2CC[C@@H]3CC(c4c(-n5cnnn5)ccc(Cl)c4F)=CC(=O)N32)c1F. The van der Waals surface area contributed by atoms with Gasteiger partial charge in [0.05, 0.1) is 22.9 Å². The second-order valence-electron chi connectivity index (χ2n) is 12.6. The molecule has 238 valence electrons. The average molecular weight is 659 g/mol. The van der Waals surface area contributed by atoms with Crippen LogP contribution in [0.1, 0.15) is 61.6 Å². The number of carbonyl (C=O) groups excluding carboxylic acids is 3. The van der Waals surface area contributed by atoms with Crippen molar-refractivity contribution in [3.63, 3.8) is 0 Å². The number of hydrogen-bond acceptors (Lipinski definition) is 9. The third-order valence-electron chi connectivity index (χ3n) is 8.76. The van der Waals surface area contributed by atoms with E-state index in [1.54, 1.807) is 6.07 Å². The number of ketones is 1.